The number of hydrogen-bond donors (Lipinski definition) is 1. The Morgan fingerprint density at radius 3 is 2.55 bits per heavy atom. The Bertz CT molecular complexity index is 535. The molecule has 0 saturated heterocycles. The number of rotatable bonds is 6. The van der Waals surface area contributed by atoms with Gasteiger partial charge in [0.1, 0.15) is 17.4 Å². The quantitative estimate of drug-likeness (QED) is 0.733. The third kappa shape index (κ3) is 4.55. The van der Waals surface area contributed by atoms with Gasteiger partial charge in [0.05, 0.1) is 8.95 Å². The molecular formula is C14H16Br2N2OS. The average Bonchev–Trinajstić information content (AvgIpc) is 2.88. The first kappa shape index (κ1) is 15.9. The van der Waals surface area contributed by atoms with Crippen LogP contribution in [0.3, 0.4) is 0 Å². The topological polar surface area (TPSA) is 34.1 Å². The molecule has 0 atom stereocenters. The highest BCUT2D eigenvalue weighted by atomic mass is 79.9. The molecule has 0 aliphatic rings. The van der Waals surface area contributed by atoms with E-state index in [4.69, 9.17) is 4.74 Å². The van der Waals surface area contributed by atoms with Crippen molar-refractivity contribution < 1.29 is 4.74 Å². The molecule has 2 rings (SSSR count). The van der Waals surface area contributed by atoms with E-state index in [-0.39, 0.29) is 0 Å². The van der Waals surface area contributed by atoms with Crippen molar-refractivity contribution in [2.75, 3.05) is 0 Å². The summed E-state index contributed by atoms with van der Waals surface area (Å²) in [6, 6.07) is 4.63. The SMILES string of the molecule is CC(C)NCc1cc(Br)c(OCc2nccs2)c(Br)c1. The van der Waals surface area contributed by atoms with Crippen LogP contribution in [-0.2, 0) is 13.2 Å². The van der Waals surface area contributed by atoms with Crippen LogP contribution in [-0.4, -0.2) is 11.0 Å². The van der Waals surface area contributed by atoms with E-state index >= 15 is 0 Å². The second kappa shape index (κ2) is 7.54. The van der Waals surface area contributed by atoms with Gasteiger partial charge in [-0.3, -0.25) is 0 Å². The highest BCUT2D eigenvalue weighted by Gasteiger charge is 2.10. The van der Waals surface area contributed by atoms with E-state index in [1.165, 1.54) is 5.56 Å². The summed E-state index contributed by atoms with van der Waals surface area (Å²) >= 11 is 8.73. The van der Waals surface area contributed by atoms with Gasteiger partial charge in [-0.2, -0.15) is 0 Å². The number of benzene rings is 1. The zero-order valence-corrected chi connectivity index (χ0v) is 15.3. The minimum atomic E-state index is 0.466. The first-order valence-electron chi connectivity index (χ1n) is 6.28. The number of nitrogens with one attached hydrogen (secondary N) is 1. The van der Waals surface area contributed by atoms with E-state index in [1.54, 1.807) is 17.5 Å². The molecule has 20 heavy (non-hydrogen) atoms. The monoisotopic (exact) mass is 418 g/mol. The smallest absolute Gasteiger partial charge is 0.148 e. The lowest BCUT2D eigenvalue weighted by Gasteiger charge is -2.13. The van der Waals surface area contributed by atoms with Crippen LogP contribution in [0.1, 0.15) is 24.4 Å². The molecule has 0 spiro atoms. The van der Waals surface area contributed by atoms with Gasteiger partial charge in [-0.05, 0) is 49.6 Å². The van der Waals surface area contributed by atoms with Crippen LogP contribution in [0.4, 0.5) is 0 Å². The van der Waals surface area contributed by atoms with Crippen LogP contribution in [0.15, 0.2) is 32.7 Å². The molecule has 0 unspecified atom stereocenters. The molecule has 108 valence electrons. The van der Waals surface area contributed by atoms with E-state index in [1.807, 2.05) is 5.38 Å². The lowest BCUT2D eigenvalue weighted by Crippen LogP contribution is -2.21. The molecule has 3 nitrogen and oxygen atoms in total. The van der Waals surface area contributed by atoms with Gasteiger partial charge in [-0.15, -0.1) is 11.3 Å². The number of aromatic nitrogens is 1. The third-order valence-electron chi connectivity index (χ3n) is 2.60. The van der Waals surface area contributed by atoms with Crippen molar-refractivity contribution in [2.45, 2.75) is 33.0 Å². The van der Waals surface area contributed by atoms with E-state index in [0.29, 0.717) is 12.6 Å². The van der Waals surface area contributed by atoms with E-state index in [0.717, 1.165) is 26.2 Å². The Morgan fingerprint density at radius 2 is 2.00 bits per heavy atom. The normalized spacial score (nSPS) is 11.1. The predicted molar refractivity (Wildman–Crippen MR) is 90.3 cm³/mol. The van der Waals surface area contributed by atoms with Gasteiger partial charge in [-0.1, -0.05) is 13.8 Å². The van der Waals surface area contributed by atoms with Crippen molar-refractivity contribution in [3.8, 4) is 5.75 Å². The van der Waals surface area contributed by atoms with Crippen LogP contribution < -0.4 is 10.1 Å². The average molecular weight is 420 g/mol. The Hall–Kier alpha value is -0.430. The minimum Gasteiger partial charge on any atom is -0.484 e. The molecule has 0 radical (unpaired) electrons. The first-order chi connectivity index (χ1) is 9.56. The van der Waals surface area contributed by atoms with Crippen LogP contribution in [0.2, 0.25) is 0 Å². The standard InChI is InChI=1S/C14H16Br2N2OS/c1-9(2)18-7-10-5-11(15)14(12(16)6-10)19-8-13-17-3-4-20-13/h3-6,9,18H,7-8H2,1-2H3. The van der Waals surface area contributed by atoms with Gasteiger partial charge in [0.2, 0.25) is 0 Å². The maximum atomic E-state index is 5.83. The van der Waals surface area contributed by atoms with Crippen molar-refractivity contribution in [2.24, 2.45) is 0 Å². The van der Waals surface area contributed by atoms with Crippen molar-refractivity contribution in [1.29, 1.82) is 0 Å². The van der Waals surface area contributed by atoms with Crippen molar-refractivity contribution in [3.05, 3.63) is 43.2 Å². The molecule has 1 aromatic carbocycles. The lowest BCUT2D eigenvalue weighted by molar-refractivity contribution is 0.301. The molecule has 2 aromatic rings. The Labute approximate surface area is 140 Å². The van der Waals surface area contributed by atoms with E-state index in [9.17, 15) is 0 Å². The molecule has 0 aliphatic carbocycles. The lowest BCUT2D eigenvalue weighted by atomic mass is 10.2. The Morgan fingerprint density at radius 1 is 1.30 bits per heavy atom. The predicted octanol–water partition coefficient (Wildman–Crippen LogP) is 4.75. The van der Waals surface area contributed by atoms with Gasteiger partial charge in [0.15, 0.2) is 0 Å². The number of ether oxygens (including phenoxy) is 1. The second-order valence-electron chi connectivity index (χ2n) is 4.64. The number of thiazole rings is 1. The van der Waals surface area contributed by atoms with Crippen LogP contribution in [0, 0.1) is 0 Å². The zero-order chi connectivity index (χ0) is 14.5. The van der Waals surface area contributed by atoms with Gasteiger partial charge in [0.25, 0.3) is 0 Å². The maximum Gasteiger partial charge on any atom is 0.148 e. The summed E-state index contributed by atoms with van der Waals surface area (Å²) in [5, 5.41) is 6.31. The molecule has 0 amide bonds. The number of nitrogens with zero attached hydrogens (tertiary/aromatic N) is 1. The molecular weight excluding hydrogens is 404 g/mol. The summed E-state index contributed by atoms with van der Waals surface area (Å²) in [5.41, 5.74) is 1.21. The summed E-state index contributed by atoms with van der Waals surface area (Å²) < 4.78 is 7.72. The van der Waals surface area contributed by atoms with Crippen molar-refractivity contribution in [1.82, 2.24) is 10.3 Å². The highest BCUT2D eigenvalue weighted by Crippen LogP contribution is 2.35. The van der Waals surface area contributed by atoms with E-state index < -0.39 is 0 Å². The summed E-state index contributed by atoms with van der Waals surface area (Å²) in [4.78, 5) is 4.21. The third-order valence-corrected chi connectivity index (χ3v) is 4.53. The van der Waals surface area contributed by atoms with Crippen molar-refractivity contribution >= 4 is 43.2 Å². The fraction of sp³-hybridized carbons (Fsp3) is 0.357. The fourth-order valence-corrected chi connectivity index (χ4v) is 3.67. The summed E-state index contributed by atoms with van der Waals surface area (Å²) in [5.74, 6) is 0.813. The van der Waals surface area contributed by atoms with Gasteiger partial charge < -0.3 is 10.1 Å². The molecule has 0 saturated carbocycles. The Kier molecular flexibility index (Phi) is 6.01. The Balaban J connectivity index is 2.06. The molecule has 0 aliphatic heterocycles. The highest BCUT2D eigenvalue weighted by molar-refractivity contribution is 9.11. The summed E-state index contributed by atoms with van der Waals surface area (Å²) in [7, 11) is 0. The zero-order valence-electron chi connectivity index (χ0n) is 11.3. The molecule has 1 aromatic heterocycles. The summed E-state index contributed by atoms with van der Waals surface area (Å²) in [6.45, 7) is 5.59. The summed E-state index contributed by atoms with van der Waals surface area (Å²) in [6.07, 6.45) is 1.79. The molecule has 0 fully saturated rings. The second-order valence-corrected chi connectivity index (χ2v) is 7.33. The van der Waals surface area contributed by atoms with Crippen molar-refractivity contribution in [3.63, 3.8) is 0 Å². The van der Waals surface area contributed by atoms with Crippen LogP contribution >= 0.6 is 43.2 Å². The first-order valence-corrected chi connectivity index (χ1v) is 8.75. The largest absolute Gasteiger partial charge is 0.484 e. The molecule has 1 heterocycles. The van der Waals surface area contributed by atoms with Gasteiger partial charge in [0, 0.05) is 24.2 Å². The van der Waals surface area contributed by atoms with Crippen LogP contribution in [0.25, 0.3) is 0 Å². The van der Waals surface area contributed by atoms with Gasteiger partial charge in [-0.25, -0.2) is 4.98 Å². The molecule has 6 heteroatoms. The number of hydrogen-bond acceptors (Lipinski definition) is 4. The number of halogens is 2. The van der Waals surface area contributed by atoms with E-state index in [2.05, 4.69) is 68.1 Å². The maximum absolute atomic E-state index is 5.83. The molecule has 0 bridgehead atoms. The fourth-order valence-electron chi connectivity index (χ4n) is 1.63. The van der Waals surface area contributed by atoms with Gasteiger partial charge >= 0.3 is 0 Å². The molecule has 1 N–H and O–H groups in total. The minimum absolute atomic E-state index is 0.466. The van der Waals surface area contributed by atoms with Crippen LogP contribution in [0.5, 0.6) is 5.75 Å².